The van der Waals surface area contributed by atoms with Gasteiger partial charge in [-0.2, -0.15) is 0 Å². The standard InChI is InChI=1S/C12H18N2O/c1-9-3-2-4-11(7-9)15-12-6-5-10(13)8-14-12/h5-6,8-9,11H,2-4,7,13H2,1H3. The Hall–Kier alpha value is -1.25. The van der Waals surface area contributed by atoms with Crippen molar-refractivity contribution < 1.29 is 4.74 Å². The zero-order chi connectivity index (χ0) is 10.7. The highest BCUT2D eigenvalue weighted by Gasteiger charge is 2.20. The number of hydrogen-bond acceptors (Lipinski definition) is 3. The van der Waals surface area contributed by atoms with Gasteiger partial charge in [-0.25, -0.2) is 4.98 Å². The molecular weight excluding hydrogens is 188 g/mol. The highest BCUT2D eigenvalue weighted by atomic mass is 16.5. The second kappa shape index (κ2) is 4.51. The lowest BCUT2D eigenvalue weighted by atomic mass is 9.89. The first-order valence-electron chi connectivity index (χ1n) is 5.62. The van der Waals surface area contributed by atoms with Crippen molar-refractivity contribution in [2.45, 2.75) is 38.7 Å². The van der Waals surface area contributed by atoms with Gasteiger partial charge in [0.15, 0.2) is 0 Å². The first kappa shape index (κ1) is 10.3. The van der Waals surface area contributed by atoms with Crippen LogP contribution in [0.15, 0.2) is 18.3 Å². The zero-order valence-electron chi connectivity index (χ0n) is 9.15. The third kappa shape index (κ3) is 2.85. The van der Waals surface area contributed by atoms with E-state index in [1.165, 1.54) is 12.8 Å². The first-order chi connectivity index (χ1) is 7.24. The molecule has 0 amide bonds. The van der Waals surface area contributed by atoms with Crippen LogP contribution in [0.2, 0.25) is 0 Å². The summed E-state index contributed by atoms with van der Waals surface area (Å²) >= 11 is 0. The van der Waals surface area contributed by atoms with Crippen molar-refractivity contribution >= 4 is 5.69 Å². The Morgan fingerprint density at radius 1 is 1.40 bits per heavy atom. The van der Waals surface area contributed by atoms with Gasteiger partial charge in [-0.3, -0.25) is 0 Å². The normalized spacial score (nSPS) is 26.2. The molecule has 0 bridgehead atoms. The maximum atomic E-state index is 5.81. The van der Waals surface area contributed by atoms with E-state index in [0.29, 0.717) is 17.7 Å². The smallest absolute Gasteiger partial charge is 0.213 e. The minimum absolute atomic E-state index is 0.338. The van der Waals surface area contributed by atoms with E-state index in [1.54, 1.807) is 6.20 Å². The van der Waals surface area contributed by atoms with E-state index in [-0.39, 0.29) is 0 Å². The molecule has 3 nitrogen and oxygen atoms in total. The second-order valence-electron chi connectivity index (χ2n) is 4.44. The van der Waals surface area contributed by atoms with E-state index in [9.17, 15) is 0 Å². The van der Waals surface area contributed by atoms with E-state index in [2.05, 4.69) is 11.9 Å². The van der Waals surface area contributed by atoms with Crippen LogP contribution in [0.25, 0.3) is 0 Å². The molecule has 1 aliphatic carbocycles. The Morgan fingerprint density at radius 2 is 2.27 bits per heavy atom. The van der Waals surface area contributed by atoms with Gasteiger partial charge in [-0.1, -0.05) is 13.3 Å². The summed E-state index contributed by atoms with van der Waals surface area (Å²) in [7, 11) is 0. The summed E-state index contributed by atoms with van der Waals surface area (Å²) in [6, 6.07) is 3.67. The molecule has 0 aromatic carbocycles. The molecule has 0 radical (unpaired) electrons. The molecule has 3 heteroatoms. The van der Waals surface area contributed by atoms with Crippen LogP contribution >= 0.6 is 0 Å². The molecule has 1 saturated carbocycles. The van der Waals surface area contributed by atoms with Crippen LogP contribution in [0, 0.1) is 5.92 Å². The minimum atomic E-state index is 0.338. The van der Waals surface area contributed by atoms with Crippen molar-refractivity contribution in [1.29, 1.82) is 0 Å². The molecule has 2 atom stereocenters. The Morgan fingerprint density at radius 3 is 2.93 bits per heavy atom. The molecule has 2 rings (SSSR count). The number of aromatic nitrogens is 1. The van der Waals surface area contributed by atoms with Crippen LogP contribution in [0.5, 0.6) is 5.88 Å². The third-order valence-electron chi connectivity index (χ3n) is 2.93. The summed E-state index contributed by atoms with van der Waals surface area (Å²) in [6.07, 6.45) is 6.87. The number of pyridine rings is 1. The topological polar surface area (TPSA) is 48.1 Å². The largest absolute Gasteiger partial charge is 0.474 e. The lowest BCUT2D eigenvalue weighted by Crippen LogP contribution is -2.24. The number of hydrogen-bond donors (Lipinski definition) is 1. The van der Waals surface area contributed by atoms with E-state index in [0.717, 1.165) is 18.8 Å². The predicted molar refractivity (Wildman–Crippen MR) is 60.7 cm³/mol. The molecule has 1 heterocycles. The van der Waals surface area contributed by atoms with Crippen molar-refractivity contribution in [3.05, 3.63) is 18.3 Å². The van der Waals surface area contributed by atoms with Crippen LogP contribution in [-0.4, -0.2) is 11.1 Å². The van der Waals surface area contributed by atoms with Crippen LogP contribution in [0.4, 0.5) is 5.69 Å². The van der Waals surface area contributed by atoms with Gasteiger partial charge in [0, 0.05) is 6.07 Å². The van der Waals surface area contributed by atoms with Gasteiger partial charge in [0.25, 0.3) is 0 Å². The summed E-state index contributed by atoms with van der Waals surface area (Å²) in [5.74, 6) is 1.47. The minimum Gasteiger partial charge on any atom is -0.474 e. The van der Waals surface area contributed by atoms with E-state index >= 15 is 0 Å². The van der Waals surface area contributed by atoms with Crippen LogP contribution in [-0.2, 0) is 0 Å². The Kier molecular flexibility index (Phi) is 3.09. The van der Waals surface area contributed by atoms with Crippen molar-refractivity contribution in [3.63, 3.8) is 0 Å². The summed E-state index contributed by atoms with van der Waals surface area (Å²) in [5, 5.41) is 0. The van der Waals surface area contributed by atoms with Gasteiger partial charge < -0.3 is 10.5 Å². The summed E-state index contributed by atoms with van der Waals surface area (Å²) in [5.41, 5.74) is 6.24. The highest BCUT2D eigenvalue weighted by molar-refractivity contribution is 5.35. The lowest BCUT2D eigenvalue weighted by molar-refractivity contribution is 0.124. The number of rotatable bonds is 2. The zero-order valence-corrected chi connectivity index (χ0v) is 9.15. The van der Waals surface area contributed by atoms with Gasteiger partial charge in [-0.15, -0.1) is 0 Å². The van der Waals surface area contributed by atoms with Crippen LogP contribution in [0.1, 0.15) is 32.6 Å². The molecule has 15 heavy (non-hydrogen) atoms. The quantitative estimate of drug-likeness (QED) is 0.809. The van der Waals surface area contributed by atoms with Crippen molar-refractivity contribution in [2.75, 3.05) is 5.73 Å². The predicted octanol–water partition coefficient (Wildman–Crippen LogP) is 2.62. The Labute approximate surface area is 90.7 Å². The molecule has 1 aromatic heterocycles. The molecule has 0 aliphatic heterocycles. The summed E-state index contributed by atoms with van der Waals surface area (Å²) < 4.78 is 5.81. The molecule has 1 aromatic rings. The fraction of sp³-hybridized carbons (Fsp3) is 0.583. The summed E-state index contributed by atoms with van der Waals surface area (Å²) in [4.78, 5) is 4.15. The number of nitrogens with zero attached hydrogens (tertiary/aromatic N) is 1. The van der Waals surface area contributed by atoms with E-state index < -0.39 is 0 Å². The van der Waals surface area contributed by atoms with Gasteiger partial charge in [0.2, 0.25) is 5.88 Å². The molecule has 2 N–H and O–H groups in total. The fourth-order valence-corrected chi connectivity index (χ4v) is 2.12. The third-order valence-corrected chi connectivity index (χ3v) is 2.93. The van der Waals surface area contributed by atoms with Crippen molar-refractivity contribution in [3.8, 4) is 5.88 Å². The molecule has 1 fully saturated rings. The molecule has 2 unspecified atom stereocenters. The second-order valence-corrected chi connectivity index (χ2v) is 4.44. The van der Waals surface area contributed by atoms with Crippen LogP contribution < -0.4 is 10.5 Å². The van der Waals surface area contributed by atoms with Gasteiger partial charge in [-0.05, 0) is 31.2 Å². The number of nitrogen functional groups attached to an aromatic ring is 1. The molecule has 0 spiro atoms. The maximum absolute atomic E-state index is 5.81. The van der Waals surface area contributed by atoms with Gasteiger partial charge in [0.05, 0.1) is 11.9 Å². The molecule has 1 aliphatic rings. The van der Waals surface area contributed by atoms with Crippen LogP contribution in [0.3, 0.4) is 0 Å². The maximum Gasteiger partial charge on any atom is 0.213 e. The van der Waals surface area contributed by atoms with E-state index in [1.807, 2.05) is 12.1 Å². The Bertz CT molecular complexity index is 310. The van der Waals surface area contributed by atoms with Crippen molar-refractivity contribution in [1.82, 2.24) is 4.98 Å². The van der Waals surface area contributed by atoms with Gasteiger partial charge in [0.1, 0.15) is 6.10 Å². The summed E-state index contributed by atoms with van der Waals surface area (Å²) in [6.45, 7) is 2.28. The number of anilines is 1. The highest BCUT2D eigenvalue weighted by Crippen LogP contribution is 2.26. The monoisotopic (exact) mass is 206 g/mol. The number of ether oxygens (including phenoxy) is 1. The SMILES string of the molecule is CC1CCCC(Oc2ccc(N)cn2)C1. The van der Waals surface area contributed by atoms with Gasteiger partial charge >= 0.3 is 0 Å². The average molecular weight is 206 g/mol. The fourth-order valence-electron chi connectivity index (χ4n) is 2.12. The molecule has 82 valence electrons. The van der Waals surface area contributed by atoms with Crippen molar-refractivity contribution in [2.24, 2.45) is 5.92 Å². The Balaban J connectivity index is 1.93. The average Bonchev–Trinajstić information content (AvgIpc) is 2.22. The first-order valence-corrected chi connectivity index (χ1v) is 5.62. The van der Waals surface area contributed by atoms with E-state index in [4.69, 9.17) is 10.5 Å². The molecular formula is C12H18N2O. The molecule has 0 saturated heterocycles. The lowest BCUT2D eigenvalue weighted by Gasteiger charge is -2.26. The number of nitrogens with two attached hydrogens (primary N) is 1.